The Labute approximate surface area is 133 Å². The van der Waals surface area contributed by atoms with Gasteiger partial charge in [-0.25, -0.2) is 0 Å². The number of hydrogen-bond acceptors (Lipinski definition) is 2. The van der Waals surface area contributed by atoms with Crippen LogP contribution in [0.4, 0.5) is 0 Å². The summed E-state index contributed by atoms with van der Waals surface area (Å²) in [5, 5.41) is 4.80. The van der Waals surface area contributed by atoms with Gasteiger partial charge in [-0.1, -0.05) is 56.0 Å². The van der Waals surface area contributed by atoms with E-state index in [1.54, 1.807) is 0 Å². The van der Waals surface area contributed by atoms with E-state index in [0.717, 1.165) is 18.1 Å². The van der Waals surface area contributed by atoms with E-state index in [9.17, 15) is 0 Å². The molecule has 1 spiro atoms. The molecule has 1 aliphatic heterocycles. The standard InChI is InChI=1S/C18H27ClN2/c1-2-16-12-20-18(10-6-3-7-11-18)14-21(16)13-15-8-4-5-9-17(15)19/h4-5,8-9,16,20H,2-3,6-7,10-14H2,1H3. The maximum absolute atomic E-state index is 6.37. The molecule has 0 amide bonds. The lowest BCUT2D eigenvalue weighted by Crippen LogP contribution is -2.64. The van der Waals surface area contributed by atoms with Crippen molar-refractivity contribution < 1.29 is 0 Å². The van der Waals surface area contributed by atoms with Gasteiger partial charge in [-0.2, -0.15) is 0 Å². The highest BCUT2D eigenvalue weighted by Gasteiger charge is 2.39. The van der Waals surface area contributed by atoms with Gasteiger partial charge in [0.15, 0.2) is 0 Å². The molecule has 21 heavy (non-hydrogen) atoms. The van der Waals surface area contributed by atoms with Crippen LogP contribution in [0.1, 0.15) is 51.0 Å². The monoisotopic (exact) mass is 306 g/mol. The Morgan fingerprint density at radius 3 is 2.71 bits per heavy atom. The van der Waals surface area contributed by atoms with E-state index in [1.807, 2.05) is 12.1 Å². The van der Waals surface area contributed by atoms with Gasteiger partial charge < -0.3 is 5.32 Å². The first-order chi connectivity index (χ1) is 10.2. The summed E-state index contributed by atoms with van der Waals surface area (Å²) in [6.07, 6.45) is 8.04. The number of hydrogen-bond donors (Lipinski definition) is 1. The predicted molar refractivity (Wildman–Crippen MR) is 89.8 cm³/mol. The highest BCUT2D eigenvalue weighted by atomic mass is 35.5. The zero-order chi connectivity index (χ0) is 14.7. The summed E-state index contributed by atoms with van der Waals surface area (Å²) in [7, 11) is 0. The van der Waals surface area contributed by atoms with E-state index in [0.29, 0.717) is 11.6 Å². The van der Waals surface area contributed by atoms with Gasteiger partial charge in [0.25, 0.3) is 0 Å². The second-order valence-corrected chi connectivity index (χ2v) is 7.19. The SMILES string of the molecule is CCC1CNC2(CCCCC2)CN1Cc1ccccc1Cl. The Morgan fingerprint density at radius 1 is 1.24 bits per heavy atom. The van der Waals surface area contributed by atoms with Crippen LogP contribution in [0.2, 0.25) is 5.02 Å². The fraction of sp³-hybridized carbons (Fsp3) is 0.667. The van der Waals surface area contributed by atoms with Crippen LogP contribution in [0.3, 0.4) is 0 Å². The third-order valence-corrected chi connectivity index (χ3v) is 5.72. The minimum Gasteiger partial charge on any atom is -0.308 e. The largest absolute Gasteiger partial charge is 0.308 e. The summed E-state index contributed by atoms with van der Waals surface area (Å²) in [6, 6.07) is 8.93. The molecule has 2 fully saturated rings. The lowest BCUT2D eigenvalue weighted by Gasteiger charge is -2.49. The van der Waals surface area contributed by atoms with Crippen molar-refractivity contribution >= 4 is 11.6 Å². The molecule has 1 N–H and O–H groups in total. The van der Waals surface area contributed by atoms with Gasteiger partial charge in [0.1, 0.15) is 0 Å². The molecule has 1 atom stereocenters. The minimum absolute atomic E-state index is 0.366. The zero-order valence-corrected chi connectivity index (χ0v) is 13.8. The fourth-order valence-corrected chi connectivity index (χ4v) is 4.23. The van der Waals surface area contributed by atoms with Crippen molar-refractivity contribution in [2.24, 2.45) is 0 Å². The first-order valence-electron chi connectivity index (χ1n) is 8.45. The summed E-state index contributed by atoms with van der Waals surface area (Å²) < 4.78 is 0. The molecular weight excluding hydrogens is 280 g/mol. The molecule has 1 saturated heterocycles. The van der Waals surface area contributed by atoms with Crippen LogP contribution < -0.4 is 5.32 Å². The second kappa shape index (κ2) is 6.68. The third-order valence-electron chi connectivity index (χ3n) is 5.35. The van der Waals surface area contributed by atoms with Crippen molar-refractivity contribution in [2.45, 2.75) is 63.6 Å². The quantitative estimate of drug-likeness (QED) is 0.899. The maximum Gasteiger partial charge on any atom is 0.0451 e. The van der Waals surface area contributed by atoms with Gasteiger partial charge in [0.2, 0.25) is 0 Å². The molecule has 0 radical (unpaired) electrons. The molecule has 1 aliphatic carbocycles. The van der Waals surface area contributed by atoms with Crippen LogP contribution >= 0.6 is 11.6 Å². The second-order valence-electron chi connectivity index (χ2n) is 6.78. The molecule has 2 nitrogen and oxygen atoms in total. The molecule has 1 aromatic rings. The molecule has 0 aromatic heterocycles. The van der Waals surface area contributed by atoms with E-state index in [4.69, 9.17) is 11.6 Å². The van der Waals surface area contributed by atoms with Gasteiger partial charge in [-0.3, -0.25) is 4.90 Å². The molecule has 3 rings (SSSR count). The Balaban J connectivity index is 1.75. The van der Waals surface area contributed by atoms with Crippen LogP contribution in [0, 0.1) is 0 Å². The smallest absolute Gasteiger partial charge is 0.0451 e. The van der Waals surface area contributed by atoms with E-state index in [1.165, 1.54) is 50.6 Å². The molecular formula is C18H27ClN2. The lowest BCUT2D eigenvalue weighted by molar-refractivity contribution is 0.0484. The highest BCUT2D eigenvalue weighted by Crippen LogP contribution is 2.33. The summed E-state index contributed by atoms with van der Waals surface area (Å²) in [5.41, 5.74) is 1.64. The van der Waals surface area contributed by atoms with E-state index >= 15 is 0 Å². The highest BCUT2D eigenvalue weighted by molar-refractivity contribution is 6.31. The number of benzene rings is 1. The third kappa shape index (κ3) is 3.44. The van der Waals surface area contributed by atoms with Crippen LogP contribution in [0.25, 0.3) is 0 Å². The molecule has 1 heterocycles. The average Bonchev–Trinajstić information content (AvgIpc) is 2.51. The summed E-state index contributed by atoms with van der Waals surface area (Å²) in [6.45, 7) is 5.59. The van der Waals surface area contributed by atoms with Gasteiger partial charge >= 0.3 is 0 Å². The Hall–Kier alpha value is -0.570. The number of nitrogens with zero attached hydrogens (tertiary/aromatic N) is 1. The van der Waals surface area contributed by atoms with Crippen molar-refractivity contribution in [1.29, 1.82) is 0 Å². The fourth-order valence-electron chi connectivity index (χ4n) is 4.03. The number of nitrogens with one attached hydrogen (secondary N) is 1. The normalized spacial score (nSPS) is 26.1. The Bertz CT molecular complexity index is 468. The van der Waals surface area contributed by atoms with Crippen LogP contribution in [0.15, 0.2) is 24.3 Å². The molecule has 1 aromatic carbocycles. The van der Waals surface area contributed by atoms with Gasteiger partial charge in [-0.15, -0.1) is 0 Å². The zero-order valence-electron chi connectivity index (χ0n) is 13.1. The van der Waals surface area contributed by atoms with E-state index in [2.05, 4.69) is 29.3 Å². The van der Waals surface area contributed by atoms with Crippen molar-refractivity contribution in [3.63, 3.8) is 0 Å². The summed E-state index contributed by atoms with van der Waals surface area (Å²) in [4.78, 5) is 2.67. The number of piperazine rings is 1. The topological polar surface area (TPSA) is 15.3 Å². The predicted octanol–water partition coefficient (Wildman–Crippen LogP) is 4.23. The number of halogens is 1. The molecule has 1 saturated carbocycles. The van der Waals surface area contributed by atoms with Gasteiger partial charge in [0, 0.05) is 36.2 Å². The Kier molecular flexibility index (Phi) is 4.88. The average molecular weight is 307 g/mol. The summed E-state index contributed by atoms with van der Waals surface area (Å²) in [5.74, 6) is 0. The Morgan fingerprint density at radius 2 is 2.00 bits per heavy atom. The maximum atomic E-state index is 6.37. The van der Waals surface area contributed by atoms with Crippen molar-refractivity contribution in [2.75, 3.05) is 13.1 Å². The van der Waals surface area contributed by atoms with Crippen LogP contribution in [0.5, 0.6) is 0 Å². The number of rotatable bonds is 3. The van der Waals surface area contributed by atoms with Crippen LogP contribution in [-0.4, -0.2) is 29.6 Å². The lowest BCUT2D eigenvalue weighted by atomic mass is 9.79. The first kappa shape index (κ1) is 15.3. The van der Waals surface area contributed by atoms with Crippen molar-refractivity contribution in [1.82, 2.24) is 10.2 Å². The van der Waals surface area contributed by atoms with Gasteiger partial charge in [-0.05, 0) is 30.9 Å². The molecule has 0 bridgehead atoms. The molecule has 3 heteroatoms. The minimum atomic E-state index is 0.366. The van der Waals surface area contributed by atoms with Crippen molar-refractivity contribution in [3.8, 4) is 0 Å². The molecule has 116 valence electrons. The first-order valence-corrected chi connectivity index (χ1v) is 8.83. The molecule has 2 aliphatic rings. The van der Waals surface area contributed by atoms with Gasteiger partial charge in [0.05, 0.1) is 0 Å². The van der Waals surface area contributed by atoms with E-state index < -0.39 is 0 Å². The van der Waals surface area contributed by atoms with Crippen molar-refractivity contribution in [3.05, 3.63) is 34.9 Å². The van der Waals surface area contributed by atoms with Crippen LogP contribution in [-0.2, 0) is 6.54 Å². The molecule has 1 unspecified atom stereocenters. The summed E-state index contributed by atoms with van der Waals surface area (Å²) >= 11 is 6.37. The van der Waals surface area contributed by atoms with E-state index in [-0.39, 0.29) is 0 Å².